The summed E-state index contributed by atoms with van der Waals surface area (Å²) in [7, 11) is 1.67. The van der Waals surface area contributed by atoms with Crippen molar-refractivity contribution >= 4 is 0 Å². The summed E-state index contributed by atoms with van der Waals surface area (Å²) in [5.41, 5.74) is 1.74. The minimum Gasteiger partial charge on any atom is -0.497 e. The summed E-state index contributed by atoms with van der Waals surface area (Å²) in [6.07, 6.45) is 3.85. The molecular formula is C19H18O3. The molecule has 0 saturated carbocycles. The maximum absolute atomic E-state index is 6.36. The fraction of sp³-hybridized carbons (Fsp3) is 0.263. The molecule has 3 heteroatoms. The molecule has 0 aromatic heterocycles. The molecular weight excluding hydrogens is 276 g/mol. The second-order valence-corrected chi connectivity index (χ2v) is 5.87. The van der Waals surface area contributed by atoms with Crippen LogP contribution >= 0.6 is 0 Å². The van der Waals surface area contributed by atoms with Crippen LogP contribution < -0.4 is 4.74 Å². The Kier molecular flexibility index (Phi) is 2.81. The third-order valence-corrected chi connectivity index (χ3v) is 4.66. The highest BCUT2D eigenvalue weighted by Crippen LogP contribution is 2.60. The summed E-state index contributed by atoms with van der Waals surface area (Å²) in [6, 6.07) is 18.4. The number of methoxy groups -OCH3 is 1. The normalized spacial score (nSPS) is 32.0. The Morgan fingerprint density at radius 2 is 1.64 bits per heavy atom. The van der Waals surface area contributed by atoms with Crippen LogP contribution in [0.25, 0.3) is 0 Å². The monoisotopic (exact) mass is 294 g/mol. The molecule has 1 unspecified atom stereocenters. The van der Waals surface area contributed by atoms with E-state index in [1.807, 2.05) is 37.3 Å². The van der Waals surface area contributed by atoms with Gasteiger partial charge in [-0.2, -0.15) is 0 Å². The number of benzene rings is 2. The first kappa shape index (κ1) is 13.4. The molecule has 1 fully saturated rings. The minimum absolute atomic E-state index is 0.149. The zero-order chi connectivity index (χ0) is 15.2. The lowest BCUT2D eigenvalue weighted by Crippen LogP contribution is -2.63. The zero-order valence-electron chi connectivity index (χ0n) is 12.7. The zero-order valence-corrected chi connectivity index (χ0v) is 12.7. The van der Waals surface area contributed by atoms with Gasteiger partial charge < -0.3 is 14.2 Å². The van der Waals surface area contributed by atoms with Gasteiger partial charge in [-0.3, -0.25) is 0 Å². The maximum Gasteiger partial charge on any atom is 0.217 e. The van der Waals surface area contributed by atoms with Gasteiger partial charge in [0.2, 0.25) is 5.79 Å². The molecule has 2 aromatic carbocycles. The molecule has 3 atom stereocenters. The molecule has 0 aliphatic carbocycles. The van der Waals surface area contributed by atoms with Crippen LogP contribution in [0.4, 0.5) is 0 Å². The summed E-state index contributed by atoms with van der Waals surface area (Å²) < 4.78 is 17.3. The Hall–Kier alpha value is -2.26. The average Bonchev–Trinajstić information content (AvgIpc) is 2.87. The highest BCUT2D eigenvalue weighted by atomic mass is 16.7. The largest absolute Gasteiger partial charge is 0.497 e. The first-order valence-corrected chi connectivity index (χ1v) is 7.44. The Morgan fingerprint density at radius 1 is 0.955 bits per heavy atom. The molecule has 0 N–H and O–H groups in total. The SMILES string of the molecule is COc1ccc(C2(c3ccccc3)O[C@@]3(C)OC=C[C@@H]23)cc1. The highest BCUT2D eigenvalue weighted by molar-refractivity contribution is 5.45. The van der Waals surface area contributed by atoms with Crippen LogP contribution in [-0.4, -0.2) is 12.9 Å². The van der Waals surface area contributed by atoms with E-state index in [4.69, 9.17) is 14.2 Å². The molecule has 4 rings (SSSR count). The van der Waals surface area contributed by atoms with Crippen LogP contribution in [0.15, 0.2) is 66.9 Å². The van der Waals surface area contributed by atoms with Crippen molar-refractivity contribution in [3.05, 3.63) is 78.1 Å². The lowest BCUT2D eigenvalue weighted by atomic mass is 9.68. The van der Waals surface area contributed by atoms with Crippen LogP contribution in [0.5, 0.6) is 5.75 Å². The minimum atomic E-state index is -0.574. The molecule has 1 saturated heterocycles. The van der Waals surface area contributed by atoms with Gasteiger partial charge >= 0.3 is 0 Å². The van der Waals surface area contributed by atoms with E-state index in [1.165, 1.54) is 0 Å². The predicted octanol–water partition coefficient (Wildman–Crippen LogP) is 3.85. The van der Waals surface area contributed by atoms with E-state index < -0.39 is 11.4 Å². The van der Waals surface area contributed by atoms with Gasteiger partial charge in [0.15, 0.2) is 0 Å². The molecule has 0 radical (unpaired) electrons. The van der Waals surface area contributed by atoms with E-state index in [9.17, 15) is 0 Å². The average molecular weight is 294 g/mol. The van der Waals surface area contributed by atoms with E-state index in [-0.39, 0.29) is 5.92 Å². The van der Waals surface area contributed by atoms with E-state index in [0.717, 1.165) is 16.9 Å². The van der Waals surface area contributed by atoms with Crippen molar-refractivity contribution in [3.63, 3.8) is 0 Å². The lowest BCUT2D eigenvalue weighted by Gasteiger charge is -2.57. The number of rotatable bonds is 3. The Bertz CT molecular complexity index is 707. The van der Waals surface area contributed by atoms with Crippen molar-refractivity contribution in [2.75, 3.05) is 7.11 Å². The fourth-order valence-corrected chi connectivity index (χ4v) is 3.59. The van der Waals surface area contributed by atoms with Gasteiger partial charge in [0.25, 0.3) is 0 Å². The van der Waals surface area contributed by atoms with Gasteiger partial charge in [-0.15, -0.1) is 0 Å². The van der Waals surface area contributed by atoms with Crippen molar-refractivity contribution in [1.29, 1.82) is 0 Å². The third kappa shape index (κ3) is 1.66. The summed E-state index contributed by atoms with van der Waals surface area (Å²) in [6.45, 7) is 1.99. The van der Waals surface area contributed by atoms with Crippen molar-refractivity contribution in [2.45, 2.75) is 18.3 Å². The molecule has 0 bridgehead atoms. The van der Waals surface area contributed by atoms with Gasteiger partial charge in [-0.25, -0.2) is 0 Å². The summed E-state index contributed by atoms with van der Waals surface area (Å²) in [5.74, 6) is 0.415. The Morgan fingerprint density at radius 3 is 2.27 bits per heavy atom. The second kappa shape index (κ2) is 4.62. The lowest BCUT2D eigenvalue weighted by molar-refractivity contribution is -0.372. The number of hydrogen-bond donors (Lipinski definition) is 0. The second-order valence-electron chi connectivity index (χ2n) is 5.87. The first-order valence-electron chi connectivity index (χ1n) is 7.44. The topological polar surface area (TPSA) is 27.7 Å². The molecule has 2 heterocycles. The van der Waals surface area contributed by atoms with Crippen molar-refractivity contribution in [1.82, 2.24) is 0 Å². The smallest absolute Gasteiger partial charge is 0.217 e. The standard InChI is InChI=1S/C19H18O3/c1-18-17(12-13-21-18)19(22-18,14-6-4-3-5-7-14)15-8-10-16(20-2)11-9-15/h3-13,17H,1-2H3/t17-,18-,19?/m1/s1. The van der Waals surface area contributed by atoms with Crippen molar-refractivity contribution in [2.24, 2.45) is 5.92 Å². The molecule has 3 nitrogen and oxygen atoms in total. The van der Waals surface area contributed by atoms with E-state index in [1.54, 1.807) is 13.4 Å². The molecule has 2 aliphatic rings. The van der Waals surface area contributed by atoms with Gasteiger partial charge in [0.05, 0.1) is 19.3 Å². The van der Waals surface area contributed by atoms with Crippen molar-refractivity contribution < 1.29 is 14.2 Å². The van der Waals surface area contributed by atoms with Crippen LogP contribution in [0.2, 0.25) is 0 Å². The van der Waals surface area contributed by atoms with E-state index >= 15 is 0 Å². The molecule has 2 aromatic rings. The summed E-state index contributed by atoms with van der Waals surface area (Å²) in [5, 5.41) is 0. The predicted molar refractivity (Wildman–Crippen MR) is 83.4 cm³/mol. The summed E-state index contributed by atoms with van der Waals surface area (Å²) >= 11 is 0. The quantitative estimate of drug-likeness (QED) is 0.860. The number of hydrogen-bond acceptors (Lipinski definition) is 3. The van der Waals surface area contributed by atoms with E-state index in [2.05, 4.69) is 30.3 Å². The molecule has 0 spiro atoms. The number of fused-ring (bicyclic) bond motifs is 1. The Balaban J connectivity index is 1.85. The van der Waals surface area contributed by atoms with E-state index in [0.29, 0.717) is 0 Å². The summed E-state index contributed by atoms with van der Waals surface area (Å²) in [4.78, 5) is 0. The molecule has 112 valence electrons. The van der Waals surface area contributed by atoms with Gasteiger partial charge in [-0.1, -0.05) is 42.5 Å². The van der Waals surface area contributed by atoms with Gasteiger partial charge in [-0.05, 0) is 29.3 Å². The maximum atomic E-state index is 6.36. The Labute approximate surface area is 130 Å². The van der Waals surface area contributed by atoms with Gasteiger partial charge in [0, 0.05) is 6.92 Å². The van der Waals surface area contributed by atoms with Gasteiger partial charge in [0.1, 0.15) is 11.4 Å². The van der Waals surface area contributed by atoms with Crippen LogP contribution in [0.1, 0.15) is 18.1 Å². The third-order valence-electron chi connectivity index (χ3n) is 4.66. The van der Waals surface area contributed by atoms with Crippen molar-refractivity contribution in [3.8, 4) is 5.75 Å². The number of ether oxygens (including phenoxy) is 3. The van der Waals surface area contributed by atoms with Crippen LogP contribution in [-0.2, 0) is 15.1 Å². The fourth-order valence-electron chi connectivity index (χ4n) is 3.59. The highest BCUT2D eigenvalue weighted by Gasteiger charge is 2.66. The van der Waals surface area contributed by atoms with Crippen LogP contribution in [0, 0.1) is 5.92 Å². The molecule has 2 aliphatic heterocycles. The molecule has 0 amide bonds. The molecule has 22 heavy (non-hydrogen) atoms. The van der Waals surface area contributed by atoms with Crippen LogP contribution in [0.3, 0.4) is 0 Å². The first-order chi connectivity index (χ1) is 10.7.